The van der Waals surface area contributed by atoms with E-state index in [2.05, 4.69) is 15.3 Å². The van der Waals surface area contributed by atoms with Crippen LogP contribution in [0, 0.1) is 0 Å². The Hall–Kier alpha value is -3.54. The number of fused-ring (bicyclic) bond motifs is 1. The van der Waals surface area contributed by atoms with Gasteiger partial charge < -0.3 is 15.2 Å². The zero-order chi connectivity index (χ0) is 18.5. The highest BCUT2D eigenvalue weighted by Crippen LogP contribution is 2.34. The van der Waals surface area contributed by atoms with Crippen LogP contribution in [0.5, 0.6) is 0 Å². The maximum absolute atomic E-state index is 12.1. The first-order chi connectivity index (χ1) is 12.5. The van der Waals surface area contributed by atoms with E-state index in [0.717, 1.165) is 17.4 Å². The second kappa shape index (κ2) is 7.57. The Morgan fingerprint density at radius 3 is 2.23 bits per heavy atom. The molecule has 1 aliphatic rings. The summed E-state index contributed by atoms with van der Waals surface area (Å²) in [6.07, 6.45) is 1.59. The van der Waals surface area contributed by atoms with E-state index in [4.69, 9.17) is 0 Å². The quantitative estimate of drug-likeness (QED) is 0.862. The molecule has 1 aliphatic heterocycles. The van der Waals surface area contributed by atoms with Gasteiger partial charge in [0.1, 0.15) is 5.84 Å². The van der Waals surface area contributed by atoms with Gasteiger partial charge in [-0.05, 0) is 30.7 Å². The average molecular weight is 346 g/mol. The van der Waals surface area contributed by atoms with E-state index in [1.165, 1.54) is 0 Å². The Bertz CT molecular complexity index is 930. The summed E-state index contributed by atoms with van der Waals surface area (Å²) in [5.74, 6) is -2.01. The normalized spacial score (nSPS) is 16.3. The number of amides is 1. The highest BCUT2D eigenvalue weighted by atomic mass is 16.4. The maximum Gasteiger partial charge on any atom is 0.249 e. The summed E-state index contributed by atoms with van der Waals surface area (Å²) in [5.41, 5.74) is 3.03. The summed E-state index contributed by atoms with van der Waals surface area (Å²) in [5, 5.41) is 13.2. The lowest BCUT2D eigenvalue weighted by Crippen LogP contribution is -2.36. The molecule has 3 rings (SSSR count). The fourth-order valence-electron chi connectivity index (χ4n) is 2.76. The number of carbonyl (C=O) groups is 2. The van der Waals surface area contributed by atoms with Gasteiger partial charge in [0.2, 0.25) is 5.91 Å². The minimum Gasteiger partial charge on any atom is -0.545 e. The van der Waals surface area contributed by atoms with Crippen molar-refractivity contribution in [3.63, 3.8) is 0 Å². The van der Waals surface area contributed by atoms with Crippen molar-refractivity contribution >= 4 is 34.8 Å². The lowest BCUT2D eigenvalue weighted by molar-refractivity contribution is -0.297. The molecule has 6 nitrogen and oxygen atoms in total. The van der Waals surface area contributed by atoms with E-state index < -0.39 is 11.9 Å². The van der Waals surface area contributed by atoms with Crippen molar-refractivity contribution < 1.29 is 14.7 Å². The third-order valence-electron chi connectivity index (χ3n) is 3.87. The first kappa shape index (κ1) is 17.3. The predicted molar refractivity (Wildman–Crippen MR) is 97.8 cm³/mol. The molecule has 130 valence electrons. The minimum absolute atomic E-state index is 0.357. The molecular weight excluding hydrogens is 330 g/mol. The number of nitrogens with one attached hydrogen (secondary N) is 1. The zero-order valence-electron chi connectivity index (χ0n) is 14.0. The lowest BCUT2D eigenvalue weighted by Gasteiger charge is -2.18. The number of amidine groups is 1. The minimum atomic E-state index is -1.44. The number of carboxylic acid groups (broad SMARTS) is 1. The van der Waals surface area contributed by atoms with Crippen molar-refractivity contribution in [1.82, 2.24) is 5.32 Å². The molecule has 0 saturated heterocycles. The number of hydrogen-bond acceptors (Lipinski definition) is 5. The van der Waals surface area contributed by atoms with E-state index in [0.29, 0.717) is 23.3 Å². The summed E-state index contributed by atoms with van der Waals surface area (Å²) in [6.45, 7) is 1.87. The van der Waals surface area contributed by atoms with Crippen molar-refractivity contribution in [2.45, 2.75) is 12.8 Å². The zero-order valence-corrected chi connectivity index (χ0v) is 14.0. The molecule has 0 aromatic heterocycles. The molecule has 0 bridgehead atoms. The third-order valence-corrected chi connectivity index (χ3v) is 3.87. The van der Waals surface area contributed by atoms with Gasteiger partial charge in [0.15, 0.2) is 0 Å². The summed E-state index contributed by atoms with van der Waals surface area (Å²) in [4.78, 5) is 31.9. The fraction of sp³-hybridized carbons (Fsp3) is 0.100. The number of carbonyl (C=O) groups excluding carboxylic acids is 2. The van der Waals surface area contributed by atoms with Gasteiger partial charge in [-0.1, -0.05) is 42.5 Å². The van der Waals surface area contributed by atoms with Crippen molar-refractivity contribution in [3.8, 4) is 0 Å². The number of benzene rings is 2. The Morgan fingerprint density at radius 1 is 0.962 bits per heavy atom. The molecule has 0 saturated carbocycles. The van der Waals surface area contributed by atoms with Crippen LogP contribution in [0.1, 0.15) is 18.4 Å². The first-order valence-electron chi connectivity index (χ1n) is 8.02. The van der Waals surface area contributed by atoms with Crippen LogP contribution < -0.4 is 10.4 Å². The Morgan fingerprint density at radius 2 is 1.58 bits per heavy atom. The summed E-state index contributed by atoms with van der Waals surface area (Å²) < 4.78 is 0. The number of carboxylic acids is 1. The summed E-state index contributed by atoms with van der Waals surface area (Å²) in [7, 11) is 0. The van der Waals surface area contributed by atoms with Crippen LogP contribution in [-0.4, -0.2) is 23.4 Å². The van der Waals surface area contributed by atoms with Gasteiger partial charge in [-0.15, -0.1) is 0 Å². The molecule has 2 aromatic rings. The molecule has 2 aromatic carbocycles. The number of aliphatic carboxylic acids is 1. The molecule has 1 amide bonds. The highest BCUT2D eigenvalue weighted by molar-refractivity contribution is 6.18. The number of aliphatic imine (C=N–C) groups is 2. The largest absolute Gasteiger partial charge is 0.545 e. The summed E-state index contributed by atoms with van der Waals surface area (Å²) in [6, 6.07) is 16.9. The standard InChI is InChI=1S/C20H17N3O3/c1-13-19(14-7-3-2-4-8-14)20(23-17(24)11-12-18(25)26)22-16-10-6-5-9-15(16)21-13/h2-12,19H,1H3,(H,25,26)(H,22,23,24)/p-1/b12-11+/t19-/m0/s1. The number of para-hydroxylation sites is 2. The molecule has 1 N–H and O–H groups in total. The van der Waals surface area contributed by atoms with Crippen molar-refractivity contribution in [2.24, 2.45) is 9.98 Å². The van der Waals surface area contributed by atoms with Crippen LogP contribution in [0.4, 0.5) is 11.4 Å². The first-order valence-corrected chi connectivity index (χ1v) is 8.02. The lowest BCUT2D eigenvalue weighted by atomic mass is 9.93. The van der Waals surface area contributed by atoms with Crippen molar-refractivity contribution in [2.75, 3.05) is 0 Å². The van der Waals surface area contributed by atoms with Crippen LogP contribution in [0.3, 0.4) is 0 Å². The van der Waals surface area contributed by atoms with Crippen LogP contribution in [0.2, 0.25) is 0 Å². The number of hydrogen-bond donors (Lipinski definition) is 1. The van der Waals surface area contributed by atoms with Gasteiger partial charge in [-0.2, -0.15) is 0 Å². The van der Waals surface area contributed by atoms with Gasteiger partial charge in [-0.25, -0.2) is 4.99 Å². The van der Waals surface area contributed by atoms with Gasteiger partial charge in [-0.3, -0.25) is 9.79 Å². The molecule has 0 fully saturated rings. The van der Waals surface area contributed by atoms with Gasteiger partial charge in [0.05, 0.1) is 23.3 Å². The Labute approximate surface area is 150 Å². The van der Waals surface area contributed by atoms with E-state index in [1.54, 1.807) is 0 Å². The van der Waals surface area contributed by atoms with E-state index >= 15 is 0 Å². The molecule has 0 spiro atoms. The smallest absolute Gasteiger partial charge is 0.249 e. The average Bonchev–Trinajstić information content (AvgIpc) is 2.76. The van der Waals surface area contributed by atoms with E-state index in [-0.39, 0.29) is 5.92 Å². The van der Waals surface area contributed by atoms with Crippen LogP contribution >= 0.6 is 0 Å². The molecule has 6 heteroatoms. The van der Waals surface area contributed by atoms with Crippen molar-refractivity contribution in [3.05, 3.63) is 72.3 Å². The molecule has 26 heavy (non-hydrogen) atoms. The monoisotopic (exact) mass is 346 g/mol. The number of nitrogens with zero attached hydrogens (tertiary/aromatic N) is 2. The van der Waals surface area contributed by atoms with Crippen LogP contribution in [-0.2, 0) is 9.59 Å². The van der Waals surface area contributed by atoms with Gasteiger partial charge >= 0.3 is 0 Å². The molecule has 1 heterocycles. The second-order valence-corrected chi connectivity index (χ2v) is 5.72. The molecule has 0 unspecified atom stereocenters. The third kappa shape index (κ3) is 3.92. The highest BCUT2D eigenvalue weighted by Gasteiger charge is 2.25. The molecular formula is C20H16N3O3-. The molecule has 1 atom stereocenters. The number of rotatable bonds is 3. The summed E-state index contributed by atoms with van der Waals surface area (Å²) >= 11 is 0. The van der Waals surface area contributed by atoms with E-state index in [9.17, 15) is 14.7 Å². The maximum atomic E-state index is 12.1. The van der Waals surface area contributed by atoms with Crippen molar-refractivity contribution in [1.29, 1.82) is 0 Å². The SMILES string of the molecule is CC1=Nc2ccccc2N=C(NC(=O)/C=C/C(=O)[O-])[C@@H]1c1ccccc1. The predicted octanol–water partition coefficient (Wildman–Crippen LogP) is 2.03. The topological polar surface area (TPSA) is 94.0 Å². The second-order valence-electron chi connectivity index (χ2n) is 5.72. The Kier molecular flexibility index (Phi) is 5.03. The molecule has 0 aliphatic carbocycles. The van der Waals surface area contributed by atoms with E-state index in [1.807, 2.05) is 61.5 Å². The Balaban J connectivity index is 2.06. The molecule has 0 radical (unpaired) electrons. The fourth-order valence-corrected chi connectivity index (χ4v) is 2.76. The van der Waals surface area contributed by atoms with Crippen LogP contribution in [0.25, 0.3) is 0 Å². The van der Waals surface area contributed by atoms with Crippen LogP contribution in [0.15, 0.2) is 76.7 Å². The van der Waals surface area contributed by atoms with Gasteiger partial charge in [0, 0.05) is 11.8 Å². The van der Waals surface area contributed by atoms with Gasteiger partial charge in [0.25, 0.3) is 0 Å².